The molecule has 0 aliphatic rings. The van der Waals surface area contributed by atoms with Crippen molar-refractivity contribution in [1.29, 1.82) is 0 Å². The van der Waals surface area contributed by atoms with Crippen molar-refractivity contribution in [1.82, 2.24) is 0 Å². The molecule has 0 amide bonds. The van der Waals surface area contributed by atoms with Crippen LogP contribution in [0.4, 0.5) is 0 Å². The summed E-state index contributed by atoms with van der Waals surface area (Å²) in [6.45, 7) is 26.0. The molecular formula is C28H42O2Se2. The van der Waals surface area contributed by atoms with Crippen LogP contribution in [-0.4, -0.2) is 36.5 Å². The molecule has 0 aliphatic carbocycles. The first-order chi connectivity index (χ1) is 14.2. The van der Waals surface area contributed by atoms with E-state index in [2.05, 4.69) is 107 Å². The average molecular weight is 569 g/mol. The van der Waals surface area contributed by atoms with Crippen LogP contribution < -0.4 is 8.92 Å². The summed E-state index contributed by atoms with van der Waals surface area (Å²) in [7, 11) is 0. The first-order valence-electron chi connectivity index (χ1n) is 11.3. The van der Waals surface area contributed by atoms with Crippen molar-refractivity contribution in [2.45, 2.75) is 105 Å². The number of hydrogen-bond donors (Lipinski definition) is 2. The van der Waals surface area contributed by atoms with Crippen LogP contribution in [0.25, 0.3) is 0 Å². The Labute approximate surface area is 207 Å². The summed E-state index contributed by atoms with van der Waals surface area (Å²) in [5.41, 5.74) is 3.70. The van der Waals surface area contributed by atoms with Crippen LogP contribution in [0.3, 0.4) is 0 Å². The first-order valence-corrected chi connectivity index (χ1v) is 17.4. The van der Waals surface area contributed by atoms with Gasteiger partial charge in [0.05, 0.1) is 0 Å². The third kappa shape index (κ3) is 6.35. The topological polar surface area (TPSA) is 40.5 Å². The molecule has 2 aromatic rings. The second-order valence-electron chi connectivity index (χ2n) is 12.9. The summed E-state index contributed by atoms with van der Waals surface area (Å²) in [6, 6.07) is 8.90. The van der Waals surface area contributed by atoms with Gasteiger partial charge in [0.2, 0.25) is 0 Å². The van der Waals surface area contributed by atoms with Gasteiger partial charge in [-0.1, -0.05) is 0 Å². The van der Waals surface area contributed by atoms with Crippen molar-refractivity contribution in [3.05, 3.63) is 46.5 Å². The molecule has 0 saturated carbocycles. The molecule has 2 rings (SSSR count). The number of phenolic OH excluding ortho intramolecular Hbond substituents is 2. The van der Waals surface area contributed by atoms with E-state index in [1.807, 2.05) is 0 Å². The Bertz CT molecular complexity index is 827. The molecule has 0 aliphatic heterocycles. The Balaban J connectivity index is 2.55. The van der Waals surface area contributed by atoms with Crippen LogP contribution in [0.1, 0.15) is 105 Å². The average Bonchev–Trinajstić information content (AvgIpc) is 2.57. The van der Waals surface area contributed by atoms with Crippen molar-refractivity contribution >= 4 is 35.2 Å². The molecule has 2 N–H and O–H groups in total. The number of phenols is 2. The molecule has 0 aromatic heterocycles. The van der Waals surface area contributed by atoms with Gasteiger partial charge in [0.25, 0.3) is 0 Å². The summed E-state index contributed by atoms with van der Waals surface area (Å²) in [5.74, 6) is 0.901. The van der Waals surface area contributed by atoms with E-state index in [9.17, 15) is 10.2 Å². The number of hydrogen-bond acceptors (Lipinski definition) is 2. The molecule has 4 heteroatoms. The summed E-state index contributed by atoms with van der Waals surface area (Å²) >= 11 is 0.559. The molecule has 0 unspecified atom stereocenters. The van der Waals surface area contributed by atoms with Crippen molar-refractivity contribution in [2.24, 2.45) is 0 Å². The maximum absolute atomic E-state index is 11.0. The van der Waals surface area contributed by atoms with Gasteiger partial charge in [-0.2, -0.15) is 0 Å². The van der Waals surface area contributed by atoms with Crippen LogP contribution >= 0.6 is 0 Å². The molecular weight excluding hydrogens is 526 g/mol. The molecule has 0 radical (unpaired) electrons. The van der Waals surface area contributed by atoms with Crippen LogP contribution in [0.15, 0.2) is 24.3 Å². The van der Waals surface area contributed by atoms with E-state index in [0.717, 1.165) is 22.3 Å². The molecule has 32 heavy (non-hydrogen) atoms. The van der Waals surface area contributed by atoms with E-state index in [1.165, 1.54) is 8.92 Å². The third-order valence-corrected chi connectivity index (χ3v) is 12.7. The molecule has 0 atom stereocenters. The molecule has 2 aromatic carbocycles. The van der Waals surface area contributed by atoms with Gasteiger partial charge >= 0.3 is 208 Å². The molecule has 0 saturated heterocycles. The predicted octanol–water partition coefficient (Wildman–Crippen LogP) is 5.56. The summed E-state index contributed by atoms with van der Waals surface area (Å²) in [4.78, 5) is 0. The molecule has 2 nitrogen and oxygen atoms in total. The summed E-state index contributed by atoms with van der Waals surface area (Å²) < 4.78 is 2.68. The summed E-state index contributed by atoms with van der Waals surface area (Å²) in [5, 5.41) is 22.1. The van der Waals surface area contributed by atoms with E-state index in [-0.39, 0.29) is 47.9 Å². The maximum atomic E-state index is 11.0. The monoisotopic (exact) mass is 570 g/mol. The zero-order valence-electron chi connectivity index (χ0n) is 22.0. The van der Waals surface area contributed by atoms with E-state index in [4.69, 9.17) is 0 Å². The second-order valence-corrected chi connectivity index (χ2v) is 19.2. The van der Waals surface area contributed by atoms with E-state index in [0.29, 0.717) is 11.5 Å². The van der Waals surface area contributed by atoms with Gasteiger partial charge in [-0.3, -0.25) is 0 Å². The minimum atomic E-state index is -0.111. The van der Waals surface area contributed by atoms with Gasteiger partial charge in [-0.25, -0.2) is 0 Å². The molecule has 178 valence electrons. The standard InChI is InChI=1S/C28H42O2Se2/c1-25(2,3)19-13-17(14-20(23(19)29)26(4,5)6)31-32-18-15-21(27(7,8)9)24(30)22(16-18)28(10,11)12/h13-16,29-30H,1-12H3. The van der Waals surface area contributed by atoms with Crippen LogP contribution in [0.2, 0.25) is 0 Å². The fraction of sp³-hybridized carbons (Fsp3) is 0.571. The third-order valence-electron chi connectivity index (χ3n) is 5.63. The fourth-order valence-electron chi connectivity index (χ4n) is 3.70. The van der Waals surface area contributed by atoms with Gasteiger partial charge in [0.15, 0.2) is 0 Å². The van der Waals surface area contributed by atoms with Crippen LogP contribution in [-0.2, 0) is 21.7 Å². The molecule has 0 bridgehead atoms. The van der Waals surface area contributed by atoms with E-state index < -0.39 is 0 Å². The van der Waals surface area contributed by atoms with Crippen molar-refractivity contribution in [3.8, 4) is 11.5 Å². The summed E-state index contributed by atoms with van der Waals surface area (Å²) in [6.07, 6.45) is 0. The Hall–Kier alpha value is -0.921. The van der Waals surface area contributed by atoms with Gasteiger partial charge < -0.3 is 0 Å². The number of aromatic hydroxyl groups is 2. The normalized spacial score (nSPS) is 13.5. The predicted molar refractivity (Wildman–Crippen MR) is 142 cm³/mol. The molecule has 0 spiro atoms. The van der Waals surface area contributed by atoms with Crippen LogP contribution in [0, 0.1) is 0 Å². The molecule has 0 heterocycles. The number of benzene rings is 2. The Kier molecular flexibility index (Phi) is 7.71. The van der Waals surface area contributed by atoms with Gasteiger partial charge in [0.1, 0.15) is 0 Å². The zero-order chi connectivity index (χ0) is 24.9. The number of rotatable bonds is 3. The van der Waals surface area contributed by atoms with Gasteiger partial charge in [0, 0.05) is 0 Å². The first kappa shape index (κ1) is 27.3. The van der Waals surface area contributed by atoms with Crippen LogP contribution in [0.5, 0.6) is 11.5 Å². The zero-order valence-corrected chi connectivity index (χ0v) is 25.4. The van der Waals surface area contributed by atoms with Crippen molar-refractivity contribution in [2.75, 3.05) is 0 Å². The SMILES string of the molecule is CC(C)(C)c1cc([Se][Se]c2cc(C(C)(C)C)c(O)c(C(C)(C)C)c2)cc(C(C)(C)C)c1O. The quantitative estimate of drug-likeness (QED) is 0.476. The van der Waals surface area contributed by atoms with E-state index >= 15 is 0 Å². The Morgan fingerprint density at radius 2 is 0.625 bits per heavy atom. The van der Waals surface area contributed by atoms with Gasteiger partial charge in [-0.15, -0.1) is 0 Å². The van der Waals surface area contributed by atoms with Crippen molar-refractivity contribution in [3.63, 3.8) is 0 Å². The van der Waals surface area contributed by atoms with Crippen molar-refractivity contribution < 1.29 is 10.2 Å². The minimum absolute atomic E-state index is 0.111. The fourth-order valence-corrected chi connectivity index (χ4v) is 9.69. The second kappa shape index (κ2) is 9.03. The van der Waals surface area contributed by atoms with Gasteiger partial charge in [-0.05, 0) is 0 Å². The molecule has 0 fully saturated rings. The Morgan fingerprint density at radius 3 is 0.781 bits per heavy atom. The van der Waals surface area contributed by atoms with E-state index in [1.54, 1.807) is 0 Å². The Morgan fingerprint density at radius 1 is 0.438 bits per heavy atom.